The van der Waals surface area contributed by atoms with Crippen LogP contribution in [-0.2, 0) is 20.7 Å². The summed E-state index contributed by atoms with van der Waals surface area (Å²) in [5.41, 5.74) is 0.398. The molecule has 0 saturated carbocycles. The number of benzene rings is 1. The molecule has 5 nitrogen and oxygen atoms in total. The van der Waals surface area contributed by atoms with Gasteiger partial charge in [0, 0.05) is 19.2 Å². The summed E-state index contributed by atoms with van der Waals surface area (Å²) in [6.07, 6.45) is 0.441. The van der Waals surface area contributed by atoms with Crippen molar-refractivity contribution < 1.29 is 23.8 Å². The van der Waals surface area contributed by atoms with Crippen molar-refractivity contribution in [3.05, 3.63) is 29.6 Å². The average molecular weight is 283 g/mol. The van der Waals surface area contributed by atoms with E-state index < -0.39 is 11.8 Å². The average Bonchev–Trinajstić information content (AvgIpc) is 2.38. The van der Waals surface area contributed by atoms with E-state index in [2.05, 4.69) is 5.32 Å². The van der Waals surface area contributed by atoms with E-state index >= 15 is 0 Å². The SMILES string of the molecule is COC(C)CCC(=O)Nc1ccc(CC(=O)O)c(F)c1. The van der Waals surface area contributed by atoms with Gasteiger partial charge >= 0.3 is 5.97 Å². The Morgan fingerprint density at radius 3 is 2.70 bits per heavy atom. The third-order valence-corrected chi connectivity index (χ3v) is 2.86. The Morgan fingerprint density at radius 1 is 1.45 bits per heavy atom. The number of carbonyl (C=O) groups is 2. The lowest BCUT2D eigenvalue weighted by Crippen LogP contribution is -2.15. The highest BCUT2D eigenvalue weighted by Crippen LogP contribution is 2.16. The van der Waals surface area contributed by atoms with Gasteiger partial charge in [0.05, 0.1) is 12.5 Å². The summed E-state index contributed by atoms with van der Waals surface area (Å²) in [6, 6.07) is 3.96. The van der Waals surface area contributed by atoms with Gasteiger partial charge in [0.15, 0.2) is 0 Å². The molecular weight excluding hydrogens is 265 g/mol. The van der Waals surface area contributed by atoms with Crippen LogP contribution in [0.5, 0.6) is 0 Å². The van der Waals surface area contributed by atoms with E-state index in [1.807, 2.05) is 6.92 Å². The second-order valence-electron chi connectivity index (χ2n) is 4.51. The molecule has 0 heterocycles. The molecule has 6 heteroatoms. The first-order valence-electron chi connectivity index (χ1n) is 6.25. The fraction of sp³-hybridized carbons (Fsp3) is 0.429. The highest BCUT2D eigenvalue weighted by atomic mass is 19.1. The van der Waals surface area contributed by atoms with Crippen LogP contribution in [0.2, 0.25) is 0 Å². The molecule has 0 radical (unpaired) electrons. The first-order chi connectivity index (χ1) is 9.42. The van der Waals surface area contributed by atoms with Gasteiger partial charge in [0.2, 0.25) is 5.91 Å². The lowest BCUT2D eigenvalue weighted by molar-refractivity contribution is -0.136. The minimum atomic E-state index is -1.10. The maximum atomic E-state index is 13.6. The van der Waals surface area contributed by atoms with Gasteiger partial charge in [0.1, 0.15) is 5.82 Å². The van der Waals surface area contributed by atoms with Crippen molar-refractivity contribution in [2.24, 2.45) is 0 Å². The largest absolute Gasteiger partial charge is 0.481 e. The number of carboxylic acid groups (broad SMARTS) is 1. The van der Waals surface area contributed by atoms with E-state index in [1.165, 1.54) is 12.1 Å². The zero-order valence-electron chi connectivity index (χ0n) is 11.5. The number of halogens is 1. The van der Waals surface area contributed by atoms with Crippen LogP contribution in [0.25, 0.3) is 0 Å². The molecule has 1 unspecified atom stereocenters. The van der Waals surface area contributed by atoms with Gasteiger partial charge in [-0.3, -0.25) is 9.59 Å². The van der Waals surface area contributed by atoms with Crippen LogP contribution < -0.4 is 5.32 Å². The van der Waals surface area contributed by atoms with Gasteiger partial charge < -0.3 is 15.2 Å². The molecule has 0 aliphatic rings. The molecule has 0 spiro atoms. The van der Waals surface area contributed by atoms with Crippen molar-refractivity contribution in [2.75, 3.05) is 12.4 Å². The molecule has 110 valence electrons. The van der Waals surface area contributed by atoms with Crippen LogP contribution >= 0.6 is 0 Å². The number of amides is 1. The van der Waals surface area contributed by atoms with Gasteiger partial charge in [-0.2, -0.15) is 0 Å². The summed E-state index contributed by atoms with van der Waals surface area (Å²) in [4.78, 5) is 22.1. The van der Waals surface area contributed by atoms with Crippen molar-refractivity contribution >= 4 is 17.6 Å². The van der Waals surface area contributed by atoms with Crippen molar-refractivity contribution in [2.45, 2.75) is 32.3 Å². The summed E-state index contributed by atoms with van der Waals surface area (Å²) in [6.45, 7) is 1.85. The predicted molar refractivity (Wildman–Crippen MR) is 72.1 cm³/mol. The smallest absolute Gasteiger partial charge is 0.307 e. The number of ether oxygens (including phenoxy) is 1. The van der Waals surface area contributed by atoms with Gasteiger partial charge in [-0.1, -0.05) is 6.07 Å². The molecule has 1 aromatic rings. The standard InChI is InChI=1S/C14H18FNO4/c1-9(20-2)3-6-13(17)16-11-5-4-10(7-14(18)19)12(15)8-11/h4-5,8-9H,3,6-7H2,1-2H3,(H,16,17)(H,18,19). The topological polar surface area (TPSA) is 75.6 Å². The van der Waals surface area contributed by atoms with Gasteiger partial charge in [-0.25, -0.2) is 4.39 Å². The predicted octanol–water partition coefficient (Wildman–Crippen LogP) is 2.21. The number of hydrogen-bond acceptors (Lipinski definition) is 3. The fourth-order valence-electron chi connectivity index (χ4n) is 1.61. The van der Waals surface area contributed by atoms with E-state index in [1.54, 1.807) is 7.11 Å². The number of anilines is 1. The zero-order valence-corrected chi connectivity index (χ0v) is 11.5. The number of carboxylic acids is 1. The van der Waals surface area contributed by atoms with Crippen LogP contribution in [0.3, 0.4) is 0 Å². The summed E-state index contributed by atoms with van der Waals surface area (Å²) in [5, 5.41) is 11.2. The minimum Gasteiger partial charge on any atom is -0.481 e. The first kappa shape index (κ1) is 16.1. The Hall–Kier alpha value is -1.95. The van der Waals surface area contributed by atoms with Crippen LogP contribution in [0.1, 0.15) is 25.3 Å². The second-order valence-corrected chi connectivity index (χ2v) is 4.51. The van der Waals surface area contributed by atoms with Gasteiger partial charge in [-0.05, 0) is 31.0 Å². The van der Waals surface area contributed by atoms with Crippen molar-refractivity contribution in [3.8, 4) is 0 Å². The van der Waals surface area contributed by atoms with Crippen LogP contribution in [0.4, 0.5) is 10.1 Å². The lowest BCUT2D eigenvalue weighted by atomic mass is 10.1. The Bertz CT molecular complexity index is 490. The highest BCUT2D eigenvalue weighted by Gasteiger charge is 2.10. The zero-order chi connectivity index (χ0) is 15.1. The summed E-state index contributed by atoms with van der Waals surface area (Å²) in [7, 11) is 1.57. The van der Waals surface area contributed by atoms with Gasteiger partial charge in [0.25, 0.3) is 0 Å². The second kappa shape index (κ2) is 7.59. The number of carbonyl (C=O) groups excluding carboxylic acids is 1. The molecule has 0 bridgehead atoms. The Labute approximate surface area is 116 Å². The Kier molecular flexibility index (Phi) is 6.11. The first-order valence-corrected chi connectivity index (χ1v) is 6.25. The fourth-order valence-corrected chi connectivity index (χ4v) is 1.61. The van der Waals surface area contributed by atoms with Crippen molar-refractivity contribution in [3.63, 3.8) is 0 Å². The normalized spacial score (nSPS) is 11.9. The molecule has 0 fully saturated rings. The van der Waals surface area contributed by atoms with Crippen LogP contribution in [0.15, 0.2) is 18.2 Å². The van der Waals surface area contributed by atoms with Gasteiger partial charge in [-0.15, -0.1) is 0 Å². The third kappa shape index (κ3) is 5.36. The third-order valence-electron chi connectivity index (χ3n) is 2.86. The molecule has 0 aliphatic carbocycles. The molecule has 0 saturated heterocycles. The maximum Gasteiger partial charge on any atom is 0.307 e. The number of methoxy groups -OCH3 is 1. The molecular formula is C14H18FNO4. The molecule has 1 aromatic carbocycles. The quantitative estimate of drug-likeness (QED) is 0.804. The number of rotatable bonds is 7. The molecule has 1 atom stereocenters. The van der Waals surface area contributed by atoms with Crippen molar-refractivity contribution in [1.29, 1.82) is 0 Å². The summed E-state index contributed by atoms with van der Waals surface area (Å²) >= 11 is 0. The summed E-state index contributed by atoms with van der Waals surface area (Å²) < 4.78 is 18.6. The molecule has 1 rings (SSSR count). The maximum absolute atomic E-state index is 13.6. The number of hydrogen-bond donors (Lipinski definition) is 2. The van der Waals surface area contributed by atoms with E-state index in [0.717, 1.165) is 6.07 Å². The molecule has 2 N–H and O–H groups in total. The number of nitrogens with one attached hydrogen (secondary N) is 1. The molecule has 0 aromatic heterocycles. The Balaban J connectivity index is 2.58. The van der Waals surface area contributed by atoms with Crippen LogP contribution in [-0.4, -0.2) is 30.2 Å². The van der Waals surface area contributed by atoms with E-state index in [0.29, 0.717) is 12.1 Å². The summed E-state index contributed by atoms with van der Waals surface area (Å²) in [5.74, 6) is -1.98. The monoisotopic (exact) mass is 283 g/mol. The lowest BCUT2D eigenvalue weighted by Gasteiger charge is -2.10. The molecule has 0 aliphatic heterocycles. The minimum absolute atomic E-state index is 0.0181. The van der Waals surface area contributed by atoms with E-state index in [4.69, 9.17) is 9.84 Å². The molecule has 1 amide bonds. The highest BCUT2D eigenvalue weighted by molar-refractivity contribution is 5.90. The molecule has 20 heavy (non-hydrogen) atoms. The van der Waals surface area contributed by atoms with E-state index in [9.17, 15) is 14.0 Å². The Morgan fingerprint density at radius 2 is 2.15 bits per heavy atom. The number of aliphatic carboxylic acids is 1. The van der Waals surface area contributed by atoms with E-state index in [-0.39, 0.29) is 30.4 Å². The van der Waals surface area contributed by atoms with Crippen molar-refractivity contribution in [1.82, 2.24) is 0 Å². The van der Waals surface area contributed by atoms with Crippen LogP contribution in [0, 0.1) is 5.82 Å².